The molecule has 0 saturated carbocycles. The molecule has 7 nitrogen and oxygen atoms in total. The van der Waals surface area contributed by atoms with Gasteiger partial charge in [0, 0.05) is 32.6 Å². The lowest BCUT2D eigenvalue weighted by Crippen LogP contribution is -2.34. The zero-order valence-electron chi connectivity index (χ0n) is 18.5. The van der Waals surface area contributed by atoms with Crippen LogP contribution in [0.2, 0.25) is 0 Å². The lowest BCUT2D eigenvalue weighted by Gasteiger charge is -2.23. The van der Waals surface area contributed by atoms with Gasteiger partial charge in [-0.3, -0.25) is 9.69 Å². The van der Waals surface area contributed by atoms with Crippen LogP contribution in [0.25, 0.3) is 0 Å². The lowest BCUT2D eigenvalue weighted by molar-refractivity contribution is -0.137. The number of alkyl halides is 3. The molecule has 1 unspecified atom stereocenters. The molecule has 1 amide bonds. The summed E-state index contributed by atoms with van der Waals surface area (Å²) in [7, 11) is 0. The third-order valence-corrected chi connectivity index (χ3v) is 5.82. The van der Waals surface area contributed by atoms with E-state index in [9.17, 15) is 18.0 Å². The van der Waals surface area contributed by atoms with Crippen LogP contribution in [0, 0.1) is 5.92 Å². The van der Waals surface area contributed by atoms with Crippen LogP contribution in [0.3, 0.4) is 0 Å². The Morgan fingerprint density at radius 2 is 2.00 bits per heavy atom. The summed E-state index contributed by atoms with van der Waals surface area (Å²) in [5.74, 6) is 1.30. The number of hydrogen-bond donors (Lipinski definition) is 1. The van der Waals surface area contributed by atoms with Crippen LogP contribution in [0.1, 0.15) is 53.0 Å². The van der Waals surface area contributed by atoms with Crippen molar-refractivity contribution in [3.05, 3.63) is 71.2 Å². The number of fused-ring (bicyclic) bond motifs is 1. The number of carbonyl (C=O) groups is 1. The van der Waals surface area contributed by atoms with Crippen molar-refractivity contribution in [1.29, 1.82) is 0 Å². The number of aromatic nitrogens is 3. The summed E-state index contributed by atoms with van der Waals surface area (Å²) in [5.41, 5.74) is 0.418. The number of benzene rings is 1. The zero-order chi connectivity index (χ0) is 23.6. The number of hydrogen-bond acceptors (Lipinski definition) is 5. The van der Waals surface area contributed by atoms with E-state index in [0.717, 1.165) is 11.9 Å². The van der Waals surface area contributed by atoms with E-state index in [2.05, 4.69) is 20.4 Å². The largest absolute Gasteiger partial charge is 0.472 e. The van der Waals surface area contributed by atoms with Crippen molar-refractivity contribution in [3.63, 3.8) is 0 Å². The summed E-state index contributed by atoms with van der Waals surface area (Å²) >= 11 is 0. The molecule has 0 bridgehead atoms. The van der Waals surface area contributed by atoms with Crippen LogP contribution >= 0.6 is 0 Å². The first-order valence-corrected chi connectivity index (χ1v) is 10.9. The van der Waals surface area contributed by atoms with E-state index < -0.39 is 11.7 Å². The summed E-state index contributed by atoms with van der Waals surface area (Å²) in [6, 6.07) is 6.71. The molecule has 1 aliphatic rings. The average molecular weight is 461 g/mol. The summed E-state index contributed by atoms with van der Waals surface area (Å²) < 4.78 is 46.2. The van der Waals surface area contributed by atoms with E-state index in [1.165, 1.54) is 24.7 Å². The molecule has 1 atom stereocenters. The molecule has 33 heavy (non-hydrogen) atoms. The molecule has 3 heterocycles. The highest BCUT2D eigenvalue weighted by Gasteiger charge is 2.31. The summed E-state index contributed by atoms with van der Waals surface area (Å²) in [4.78, 5) is 14.7. The molecule has 0 fully saturated rings. The van der Waals surface area contributed by atoms with E-state index in [1.807, 2.05) is 18.4 Å². The monoisotopic (exact) mass is 461 g/mol. The van der Waals surface area contributed by atoms with Gasteiger partial charge >= 0.3 is 6.18 Å². The number of halogens is 3. The Kier molecular flexibility index (Phi) is 6.55. The van der Waals surface area contributed by atoms with Crippen molar-refractivity contribution in [2.24, 2.45) is 5.92 Å². The lowest BCUT2D eigenvalue weighted by atomic mass is 10.0. The number of nitrogens with zero attached hydrogens (tertiary/aromatic N) is 4. The van der Waals surface area contributed by atoms with Crippen LogP contribution < -0.4 is 5.32 Å². The average Bonchev–Trinajstić information content (AvgIpc) is 3.40. The Morgan fingerprint density at radius 3 is 2.70 bits per heavy atom. The topological polar surface area (TPSA) is 76.2 Å². The van der Waals surface area contributed by atoms with E-state index in [1.54, 1.807) is 12.1 Å². The van der Waals surface area contributed by atoms with Crippen molar-refractivity contribution in [2.45, 2.75) is 45.6 Å². The fraction of sp³-hybridized carbons (Fsp3) is 0.435. The van der Waals surface area contributed by atoms with Gasteiger partial charge in [0.05, 0.1) is 23.4 Å². The Hall–Kier alpha value is -3.14. The van der Waals surface area contributed by atoms with Gasteiger partial charge in [0.15, 0.2) is 5.82 Å². The fourth-order valence-corrected chi connectivity index (χ4v) is 4.03. The summed E-state index contributed by atoms with van der Waals surface area (Å²) in [6.45, 7) is 6.29. The van der Waals surface area contributed by atoms with Gasteiger partial charge in [0.2, 0.25) is 0 Å². The first-order valence-electron chi connectivity index (χ1n) is 10.9. The smallest absolute Gasteiger partial charge is 0.416 e. The van der Waals surface area contributed by atoms with Crippen LogP contribution in [0.5, 0.6) is 0 Å². The van der Waals surface area contributed by atoms with Crippen molar-refractivity contribution in [2.75, 3.05) is 13.1 Å². The van der Waals surface area contributed by atoms with E-state index >= 15 is 0 Å². The molecular weight excluding hydrogens is 435 g/mol. The molecule has 0 aliphatic carbocycles. The number of carbonyl (C=O) groups excluding carboxylic acids is 1. The molecule has 10 heteroatoms. The van der Waals surface area contributed by atoms with E-state index in [4.69, 9.17) is 4.42 Å². The molecule has 3 aromatic rings. The molecule has 0 spiro atoms. The predicted molar refractivity (Wildman–Crippen MR) is 114 cm³/mol. The van der Waals surface area contributed by atoms with E-state index in [-0.39, 0.29) is 17.9 Å². The Bertz CT molecular complexity index is 1090. The Morgan fingerprint density at radius 1 is 1.18 bits per heavy atom. The SMILES string of the molecule is CC(C)C(NC(=O)c1ccoc1)c1nnc2n1CCN(Cc1cccc(C(F)(F)F)c1)CC2. The molecular formula is C23H26F3N5O2. The highest BCUT2D eigenvalue weighted by atomic mass is 19.4. The first kappa shape index (κ1) is 23.0. The van der Waals surface area contributed by atoms with Crippen molar-refractivity contribution < 1.29 is 22.4 Å². The van der Waals surface area contributed by atoms with Crippen molar-refractivity contribution in [3.8, 4) is 0 Å². The van der Waals surface area contributed by atoms with Crippen molar-refractivity contribution in [1.82, 2.24) is 25.0 Å². The maximum atomic E-state index is 13.0. The zero-order valence-corrected chi connectivity index (χ0v) is 18.5. The minimum Gasteiger partial charge on any atom is -0.472 e. The second-order valence-electron chi connectivity index (χ2n) is 8.56. The van der Waals surface area contributed by atoms with Crippen LogP contribution in [0.4, 0.5) is 13.2 Å². The van der Waals surface area contributed by atoms with Gasteiger partial charge in [0.1, 0.15) is 12.1 Å². The molecule has 0 radical (unpaired) electrons. The van der Waals surface area contributed by atoms with Crippen LogP contribution in [-0.2, 0) is 25.7 Å². The Balaban J connectivity index is 1.47. The molecule has 2 aromatic heterocycles. The molecule has 0 saturated heterocycles. The quantitative estimate of drug-likeness (QED) is 0.599. The molecule has 4 rings (SSSR count). The third kappa shape index (κ3) is 5.27. The van der Waals surface area contributed by atoms with Gasteiger partial charge in [0.25, 0.3) is 5.91 Å². The fourth-order valence-electron chi connectivity index (χ4n) is 4.03. The number of rotatable bonds is 6. The first-order chi connectivity index (χ1) is 15.7. The van der Waals surface area contributed by atoms with Crippen LogP contribution in [-0.4, -0.2) is 38.7 Å². The number of furan rings is 1. The van der Waals surface area contributed by atoms with Crippen LogP contribution in [0.15, 0.2) is 47.3 Å². The second-order valence-corrected chi connectivity index (χ2v) is 8.56. The van der Waals surface area contributed by atoms with Gasteiger partial charge in [-0.05, 0) is 23.6 Å². The molecule has 1 N–H and O–H groups in total. The maximum absolute atomic E-state index is 13.0. The standard InChI is InChI=1S/C23H26F3N5O2/c1-15(2)20(27-22(32)17-7-11-33-14-17)21-29-28-19-6-8-30(9-10-31(19)21)13-16-4-3-5-18(12-16)23(24,25)26/h3-5,7,11-12,14-15,20H,6,8-10,13H2,1-2H3,(H,27,32). The normalized spacial score (nSPS) is 15.8. The van der Waals surface area contributed by atoms with Gasteiger partial charge in [-0.1, -0.05) is 32.0 Å². The molecule has 1 aromatic carbocycles. The summed E-state index contributed by atoms with van der Waals surface area (Å²) in [6.07, 6.45) is -0.902. The summed E-state index contributed by atoms with van der Waals surface area (Å²) in [5, 5.41) is 11.7. The minimum absolute atomic E-state index is 0.0682. The van der Waals surface area contributed by atoms with Gasteiger partial charge in [-0.25, -0.2) is 0 Å². The Labute approximate surface area is 189 Å². The highest BCUT2D eigenvalue weighted by Crippen LogP contribution is 2.30. The molecule has 1 aliphatic heterocycles. The maximum Gasteiger partial charge on any atom is 0.416 e. The van der Waals surface area contributed by atoms with Gasteiger partial charge < -0.3 is 14.3 Å². The van der Waals surface area contributed by atoms with Crippen molar-refractivity contribution >= 4 is 5.91 Å². The van der Waals surface area contributed by atoms with Gasteiger partial charge in [-0.2, -0.15) is 13.2 Å². The van der Waals surface area contributed by atoms with Gasteiger partial charge in [-0.15, -0.1) is 10.2 Å². The minimum atomic E-state index is -4.36. The number of amides is 1. The number of nitrogens with one attached hydrogen (secondary N) is 1. The predicted octanol–water partition coefficient (Wildman–Crippen LogP) is 4.08. The molecule has 176 valence electrons. The third-order valence-electron chi connectivity index (χ3n) is 5.82. The van der Waals surface area contributed by atoms with E-state index in [0.29, 0.717) is 49.6 Å². The second kappa shape index (κ2) is 9.38. The highest BCUT2D eigenvalue weighted by molar-refractivity contribution is 5.94.